The number of nitrogens with zero attached hydrogens (tertiary/aromatic N) is 3. The lowest BCUT2D eigenvalue weighted by Crippen LogP contribution is -2.42. The SMILES string of the molecule is CCC(C)(N)c1cnc(O[C@@H](C)CC(C)(C)S(C)(=N)=O)c2cnc(Nc3ccc4c(n3)C(C)(C)[C@@H](C)OC4=O)cc12. The van der Waals surface area contributed by atoms with E-state index in [-0.39, 0.29) is 18.2 Å². The number of cyclic esters (lactones) is 1. The predicted octanol–water partition coefficient (Wildman–Crippen LogP) is 5.80. The van der Waals surface area contributed by atoms with E-state index in [4.69, 9.17) is 25.0 Å². The Morgan fingerprint density at radius 3 is 2.51 bits per heavy atom. The summed E-state index contributed by atoms with van der Waals surface area (Å²) < 4.78 is 31.5. The van der Waals surface area contributed by atoms with Gasteiger partial charge in [-0.25, -0.2) is 24.0 Å². The zero-order valence-electron chi connectivity index (χ0n) is 25.4. The number of anilines is 2. The molecule has 0 radical (unpaired) electrons. The van der Waals surface area contributed by atoms with Gasteiger partial charge in [-0.15, -0.1) is 0 Å². The molecule has 4 heterocycles. The van der Waals surface area contributed by atoms with Crippen molar-refractivity contribution in [3.8, 4) is 5.88 Å². The highest BCUT2D eigenvalue weighted by Gasteiger charge is 2.41. The number of fused-ring (bicyclic) bond motifs is 2. The molecule has 1 aliphatic rings. The number of hydrogen-bond acceptors (Lipinski definition) is 10. The lowest BCUT2D eigenvalue weighted by Gasteiger charge is -2.36. The van der Waals surface area contributed by atoms with Crippen molar-refractivity contribution in [2.75, 3.05) is 11.6 Å². The van der Waals surface area contributed by atoms with Crippen LogP contribution < -0.4 is 15.8 Å². The highest BCUT2D eigenvalue weighted by molar-refractivity contribution is 7.93. The number of carbonyl (C=O) groups is 1. The number of rotatable bonds is 9. The second-order valence-electron chi connectivity index (χ2n) is 12.6. The highest BCUT2D eigenvalue weighted by atomic mass is 32.2. The van der Waals surface area contributed by atoms with Gasteiger partial charge in [0, 0.05) is 45.8 Å². The third kappa shape index (κ3) is 5.88. The molecular weight excluding hydrogens is 540 g/mol. The Bertz CT molecular complexity index is 1600. The van der Waals surface area contributed by atoms with Crippen LogP contribution in [0.2, 0.25) is 0 Å². The van der Waals surface area contributed by atoms with Crippen LogP contribution in [-0.4, -0.2) is 48.3 Å². The van der Waals surface area contributed by atoms with E-state index in [1.807, 2.05) is 61.5 Å². The van der Waals surface area contributed by atoms with Crippen LogP contribution in [0.15, 0.2) is 30.6 Å². The Balaban J connectivity index is 1.73. The number of esters is 1. The van der Waals surface area contributed by atoms with Crippen molar-refractivity contribution < 1.29 is 18.5 Å². The molecule has 1 aliphatic heterocycles. The first-order valence-electron chi connectivity index (χ1n) is 13.8. The van der Waals surface area contributed by atoms with Gasteiger partial charge in [-0.1, -0.05) is 20.8 Å². The molecule has 3 aromatic heterocycles. The minimum absolute atomic E-state index is 0.313. The van der Waals surface area contributed by atoms with Crippen LogP contribution in [0.3, 0.4) is 0 Å². The van der Waals surface area contributed by atoms with Gasteiger partial charge in [-0.3, -0.25) is 4.78 Å². The highest BCUT2D eigenvalue weighted by Crippen LogP contribution is 2.38. The van der Waals surface area contributed by atoms with Crippen molar-refractivity contribution in [3.05, 3.63) is 47.4 Å². The van der Waals surface area contributed by atoms with E-state index < -0.39 is 25.4 Å². The lowest BCUT2D eigenvalue weighted by molar-refractivity contribution is 0.00864. The summed E-state index contributed by atoms with van der Waals surface area (Å²) in [7, 11) is -2.79. The van der Waals surface area contributed by atoms with Crippen molar-refractivity contribution in [1.29, 1.82) is 4.78 Å². The van der Waals surface area contributed by atoms with E-state index in [2.05, 4.69) is 15.3 Å². The number of pyridine rings is 3. The van der Waals surface area contributed by atoms with Crippen LogP contribution in [0, 0.1) is 4.78 Å². The van der Waals surface area contributed by atoms with E-state index in [1.54, 1.807) is 24.5 Å². The second-order valence-corrected chi connectivity index (χ2v) is 15.4. The maximum Gasteiger partial charge on any atom is 0.340 e. The molecule has 0 amide bonds. The Hall–Kier alpha value is -3.31. The van der Waals surface area contributed by atoms with E-state index in [1.165, 1.54) is 6.26 Å². The zero-order chi connectivity index (χ0) is 30.5. The molecule has 3 aromatic rings. The van der Waals surface area contributed by atoms with Crippen LogP contribution in [0.4, 0.5) is 11.6 Å². The summed E-state index contributed by atoms with van der Waals surface area (Å²) in [6.45, 7) is 15.4. The molecule has 0 fully saturated rings. The molecule has 2 unspecified atom stereocenters. The molecule has 41 heavy (non-hydrogen) atoms. The quantitative estimate of drug-likeness (QED) is 0.266. The molecule has 0 bridgehead atoms. The fraction of sp³-hybridized carbons (Fsp3) is 0.533. The average molecular weight is 583 g/mol. The number of nitrogens with one attached hydrogen (secondary N) is 2. The Morgan fingerprint density at radius 1 is 1.20 bits per heavy atom. The van der Waals surface area contributed by atoms with Crippen molar-refractivity contribution in [3.63, 3.8) is 0 Å². The number of nitrogens with two attached hydrogens (primary N) is 1. The third-order valence-corrected chi connectivity index (χ3v) is 10.8. The topological polar surface area (TPSA) is 153 Å². The Kier molecular flexibility index (Phi) is 7.85. The van der Waals surface area contributed by atoms with E-state index in [0.29, 0.717) is 47.0 Å². The fourth-order valence-corrected chi connectivity index (χ4v) is 5.43. The number of aromatic nitrogens is 3. The largest absolute Gasteiger partial charge is 0.474 e. The van der Waals surface area contributed by atoms with E-state index in [9.17, 15) is 9.00 Å². The number of ether oxygens (including phenoxy) is 2. The molecule has 0 aliphatic carbocycles. The monoisotopic (exact) mass is 582 g/mol. The summed E-state index contributed by atoms with van der Waals surface area (Å²) in [5.74, 6) is 1.13. The van der Waals surface area contributed by atoms with Crippen LogP contribution in [0.25, 0.3) is 10.8 Å². The molecule has 0 saturated heterocycles. The summed E-state index contributed by atoms with van der Waals surface area (Å²) in [6, 6.07) is 5.37. The third-order valence-electron chi connectivity index (χ3n) is 8.51. The molecule has 0 saturated carbocycles. The van der Waals surface area contributed by atoms with Crippen LogP contribution in [-0.2, 0) is 25.4 Å². The summed E-state index contributed by atoms with van der Waals surface area (Å²) in [5, 5.41) is 4.82. The number of carbonyl (C=O) groups excluding carboxylic acids is 1. The molecule has 222 valence electrons. The van der Waals surface area contributed by atoms with Gasteiger partial charge in [0.2, 0.25) is 5.88 Å². The zero-order valence-corrected chi connectivity index (χ0v) is 26.2. The second kappa shape index (κ2) is 10.5. The van der Waals surface area contributed by atoms with Gasteiger partial charge in [0.05, 0.1) is 27.5 Å². The minimum atomic E-state index is -2.79. The van der Waals surface area contributed by atoms with Gasteiger partial charge in [0.25, 0.3) is 0 Å². The summed E-state index contributed by atoms with van der Waals surface area (Å²) >= 11 is 0. The normalized spacial score (nSPS) is 20.3. The molecule has 4 rings (SSSR count). The summed E-state index contributed by atoms with van der Waals surface area (Å²) in [6.07, 6.45) is 5.34. The molecule has 11 heteroatoms. The molecule has 0 spiro atoms. The summed E-state index contributed by atoms with van der Waals surface area (Å²) in [5.41, 5.74) is 7.56. The number of hydrogen-bond donors (Lipinski definition) is 3. The molecular formula is C30H42N6O4S. The van der Waals surface area contributed by atoms with Crippen LogP contribution in [0.1, 0.15) is 89.8 Å². The van der Waals surface area contributed by atoms with Crippen molar-refractivity contribution in [2.24, 2.45) is 5.73 Å². The lowest BCUT2D eigenvalue weighted by atomic mass is 9.79. The van der Waals surface area contributed by atoms with Gasteiger partial charge in [0.1, 0.15) is 17.7 Å². The van der Waals surface area contributed by atoms with Gasteiger partial charge >= 0.3 is 5.97 Å². The molecule has 0 aromatic carbocycles. The molecule has 10 nitrogen and oxygen atoms in total. The Morgan fingerprint density at radius 2 is 1.88 bits per heavy atom. The maximum atomic E-state index is 12.5. The predicted molar refractivity (Wildman–Crippen MR) is 162 cm³/mol. The van der Waals surface area contributed by atoms with Crippen molar-refractivity contribution >= 4 is 38.1 Å². The van der Waals surface area contributed by atoms with Gasteiger partial charge in [-0.2, -0.15) is 0 Å². The first kappa shape index (κ1) is 30.6. The molecule has 4 atom stereocenters. The van der Waals surface area contributed by atoms with Crippen molar-refractivity contribution in [1.82, 2.24) is 15.0 Å². The van der Waals surface area contributed by atoms with Gasteiger partial charge in [0.15, 0.2) is 0 Å². The Labute approximate surface area is 242 Å². The van der Waals surface area contributed by atoms with E-state index >= 15 is 0 Å². The average Bonchev–Trinajstić information content (AvgIpc) is 2.86. The minimum Gasteiger partial charge on any atom is -0.474 e. The van der Waals surface area contributed by atoms with Crippen LogP contribution >= 0.6 is 0 Å². The smallest absolute Gasteiger partial charge is 0.340 e. The first-order valence-corrected chi connectivity index (χ1v) is 15.8. The first-order chi connectivity index (χ1) is 18.9. The standard InChI is InChI=1S/C30H42N6O4S/c1-10-30(8,31)22-16-34-26(39-17(2)14-28(4,5)41(9,32)38)21-15-33-24(13-20(21)22)35-23-12-11-19-25(36-23)29(6,7)18(3)40-27(19)37/h11-13,15-18,32H,10,14,31H2,1-9H3,(H,33,35,36)/t17-,18+,30?,41?/m0/s1. The van der Waals surface area contributed by atoms with E-state index in [0.717, 1.165) is 10.9 Å². The van der Waals surface area contributed by atoms with Crippen LogP contribution in [0.5, 0.6) is 5.88 Å². The molecule has 4 N–H and O–H groups in total. The van der Waals surface area contributed by atoms with Gasteiger partial charge in [-0.05, 0) is 70.2 Å². The fourth-order valence-electron chi connectivity index (χ4n) is 4.88. The summed E-state index contributed by atoms with van der Waals surface area (Å²) in [4.78, 5) is 26.5. The van der Waals surface area contributed by atoms with Gasteiger partial charge < -0.3 is 20.5 Å². The maximum absolute atomic E-state index is 12.5. The van der Waals surface area contributed by atoms with Crippen molar-refractivity contribution in [2.45, 2.75) is 96.1 Å².